The summed E-state index contributed by atoms with van der Waals surface area (Å²) in [6, 6.07) is 3.29. The van der Waals surface area contributed by atoms with E-state index in [4.69, 9.17) is 5.11 Å². The van der Waals surface area contributed by atoms with Crippen LogP contribution >= 0.6 is 0 Å². The van der Waals surface area contributed by atoms with Gasteiger partial charge < -0.3 is 15.2 Å². The molecule has 0 amide bonds. The number of aliphatic hydroxyl groups is 1. The van der Waals surface area contributed by atoms with Gasteiger partial charge >= 0.3 is 5.97 Å². The molecule has 2 N–H and O–H groups in total. The first-order valence-corrected chi connectivity index (χ1v) is 4.60. The third-order valence-electron chi connectivity index (χ3n) is 1.76. The van der Waals surface area contributed by atoms with E-state index >= 15 is 0 Å². The molecule has 1 heterocycles. The molecule has 0 bridgehead atoms. The van der Waals surface area contributed by atoms with E-state index in [9.17, 15) is 4.79 Å². The van der Waals surface area contributed by atoms with Gasteiger partial charge in [0.2, 0.25) is 0 Å². The number of hydrogen-bond acceptors (Lipinski definition) is 5. The number of carbonyl (C=O) groups excluding carboxylic acids is 1. The minimum Gasteiger partial charge on any atom is -0.464 e. The van der Waals surface area contributed by atoms with E-state index in [1.54, 1.807) is 19.1 Å². The van der Waals surface area contributed by atoms with Crippen LogP contribution in [-0.4, -0.2) is 35.8 Å². The fraction of sp³-hybridized carbons (Fsp3) is 0.400. The van der Waals surface area contributed by atoms with Crippen LogP contribution in [0.15, 0.2) is 18.3 Å². The molecular weight excluding hydrogens is 196 g/mol. The number of rotatable bonds is 4. The molecule has 0 aliphatic heterocycles. The first kappa shape index (κ1) is 11.5. The van der Waals surface area contributed by atoms with Crippen molar-refractivity contribution in [2.24, 2.45) is 0 Å². The maximum Gasteiger partial charge on any atom is 0.356 e. The smallest absolute Gasteiger partial charge is 0.356 e. The Morgan fingerprint density at radius 2 is 2.47 bits per heavy atom. The van der Waals surface area contributed by atoms with E-state index in [0.29, 0.717) is 6.54 Å². The van der Waals surface area contributed by atoms with Gasteiger partial charge in [0.25, 0.3) is 0 Å². The van der Waals surface area contributed by atoms with Crippen molar-refractivity contribution in [3.05, 3.63) is 24.0 Å². The molecule has 0 aliphatic rings. The predicted molar refractivity (Wildman–Crippen MR) is 55.7 cm³/mol. The molecule has 5 heteroatoms. The monoisotopic (exact) mass is 210 g/mol. The Morgan fingerprint density at radius 1 is 1.73 bits per heavy atom. The molecule has 15 heavy (non-hydrogen) atoms. The van der Waals surface area contributed by atoms with E-state index in [1.807, 2.05) is 0 Å². The number of nitrogens with zero attached hydrogens (tertiary/aromatic N) is 1. The summed E-state index contributed by atoms with van der Waals surface area (Å²) in [5.74, 6) is -0.476. The van der Waals surface area contributed by atoms with Crippen molar-refractivity contribution < 1.29 is 14.6 Å². The molecular formula is C10H14N2O3. The van der Waals surface area contributed by atoms with Crippen molar-refractivity contribution >= 4 is 11.7 Å². The molecule has 5 nitrogen and oxygen atoms in total. The van der Waals surface area contributed by atoms with E-state index in [1.165, 1.54) is 13.3 Å². The highest BCUT2D eigenvalue weighted by atomic mass is 16.5. The number of hydrogen-bond donors (Lipinski definition) is 2. The Balaban J connectivity index is 2.70. The zero-order valence-corrected chi connectivity index (χ0v) is 8.73. The number of methoxy groups -OCH3 is 1. The lowest BCUT2D eigenvalue weighted by Crippen LogP contribution is -2.15. The molecule has 0 aromatic carbocycles. The maximum atomic E-state index is 11.1. The number of ether oxygens (including phenoxy) is 1. The number of pyridine rings is 1. The summed E-state index contributed by atoms with van der Waals surface area (Å²) in [4.78, 5) is 15.0. The van der Waals surface area contributed by atoms with Crippen LogP contribution in [0.1, 0.15) is 17.4 Å². The summed E-state index contributed by atoms with van der Waals surface area (Å²) >= 11 is 0. The summed E-state index contributed by atoms with van der Waals surface area (Å²) < 4.78 is 4.54. The highest BCUT2D eigenvalue weighted by Gasteiger charge is 2.07. The number of aliphatic hydroxyl groups excluding tert-OH is 1. The third-order valence-corrected chi connectivity index (χ3v) is 1.76. The summed E-state index contributed by atoms with van der Waals surface area (Å²) in [5.41, 5.74) is 0.972. The molecule has 0 aliphatic carbocycles. The van der Waals surface area contributed by atoms with Gasteiger partial charge in [0.05, 0.1) is 13.2 Å². The van der Waals surface area contributed by atoms with Crippen molar-refractivity contribution in [3.63, 3.8) is 0 Å². The Kier molecular flexibility index (Phi) is 4.05. The first-order chi connectivity index (χ1) is 7.13. The Bertz CT molecular complexity index is 339. The van der Waals surface area contributed by atoms with Crippen molar-refractivity contribution in [1.29, 1.82) is 0 Å². The van der Waals surface area contributed by atoms with Crippen LogP contribution in [0.4, 0.5) is 5.69 Å². The molecule has 0 saturated heterocycles. The van der Waals surface area contributed by atoms with Gasteiger partial charge in [-0.25, -0.2) is 9.78 Å². The maximum absolute atomic E-state index is 11.1. The topological polar surface area (TPSA) is 71.5 Å². The minimum atomic E-state index is -0.476. The molecule has 1 aromatic rings. The quantitative estimate of drug-likeness (QED) is 0.714. The zero-order valence-electron chi connectivity index (χ0n) is 8.73. The van der Waals surface area contributed by atoms with E-state index in [2.05, 4.69) is 15.0 Å². The normalized spacial score (nSPS) is 11.9. The second-order valence-electron chi connectivity index (χ2n) is 3.15. The summed E-state index contributed by atoms with van der Waals surface area (Å²) in [5, 5.41) is 12.0. The molecule has 0 fully saturated rings. The van der Waals surface area contributed by atoms with Gasteiger partial charge in [-0.1, -0.05) is 0 Å². The Labute approximate surface area is 88.1 Å². The summed E-state index contributed by atoms with van der Waals surface area (Å²) in [7, 11) is 1.31. The van der Waals surface area contributed by atoms with Crippen LogP contribution in [0.2, 0.25) is 0 Å². The Morgan fingerprint density at radius 3 is 3.07 bits per heavy atom. The van der Waals surface area contributed by atoms with Gasteiger partial charge in [-0.05, 0) is 19.1 Å². The van der Waals surface area contributed by atoms with Crippen LogP contribution in [0.25, 0.3) is 0 Å². The first-order valence-electron chi connectivity index (χ1n) is 4.60. The molecule has 0 spiro atoms. The van der Waals surface area contributed by atoms with Gasteiger partial charge in [-0.2, -0.15) is 0 Å². The Hall–Kier alpha value is -1.62. The second kappa shape index (κ2) is 5.31. The van der Waals surface area contributed by atoms with Crippen LogP contribution in [0.5, 0.6) is 0 Å². The molecule has 0 saturated carbocycles. The molecule has 0 radical (unpaired) electrons. The lowest BCUT2D eigenvalue weighted by Gasteiger charge is -2.08. The van der Waals surface area contributed by atoms with Gasteiger partial charge in [0.15, 0.2) is 0 Å². The average molecular weight is 210 g/mol. The third kappa shape index (κ3) is 3.55. The van der Waals surface area contributed by atoms with Gasteiger partial charge in [0.1, 0.15) is 5.69 Å². The average Bonchev–Trinajstić information content (AvgIpc) is 2.25. The van der Waals surface area contributed by atoms with Crippen LogP contribution in [0, 0.1) is 0 Å². The lowest BCUT2D eigenvalue weighted by molar-refractivity contribution is 0.0594. The summed E-state index contributed by atoms with van der Waals surface area (Å²) in [6.07, 6.45) is 1.07. The van der Waals surface area contributed by atoms with Crippen LogP contribution in [-0.2, 0) is 4.74 Å². The number of esters is 1. The highest BCUT2D eigenvalue weighted by Crippen LogP contribution is 2.08. The lowest BCUT2D eigenvalue weighted by atomic mass is 10.3. The second-order valence-corrected chi connectivity index (χ2v) is 3.15. The zero-order chi connectivity index (χ0) is 11.3. The van der Waals surface area contributed by atoms with Gasteiger partial charge in [-0.3, -0.25) is 0 Å². The number of carbonyl (C=O) groups is 1. The number of aromatic nitrogens is 1. The fourth-order valence-electron chi connectivity index (χ4n) is 1.02. The number of anilines is 1. The molecule has 1 unspecified atom stereocenters. The van der Waals surface area contributed by atoms with E-state index in [0.717, 1.165) is 5.69 Å². The largest absolute Gasteiger partial charge is 0.464 e. The van der Waals surface area contributed by atoms with Crippen molar-refractivity contribution in [2.75, 3.05) is 19.0 Å². The molecule has 1 rings (SSSR count). The van der Waals surface area contributed by atoms with Gasteiger partial charge in [-0.15, -0.1) is 0 Å². The van der Waals surface area contributed by atoms with E-state index in [-0.39, 0.29) is 5.69 Å². The van der Waals surface area contributed by atoms with Crippen molar-refractivity contribution in [2.45, 2.75) is 13.0 Å². The molecule has 1 aromatic heterocycles. The minimum absolute atomic E-state index is 0.244. The van der Waals surface area contributed by atoms with Crippen LogP contribution < -0.4 is 5.32 Å². The molecule has 1 atom stereocenters. The van der Waals surface area contributed by atoms with Crippen LogP contribution in [0.3, 0.4) is 0 Å². The number of nitrogens with one attached hydrogen (secondary N) is 1. The SMILES string of the molecule is COC(=O)c1cc(NCC(C)O)ccn1. The highest BCUT2D eigenvalue weighted by molar-refractivity contribution is 5.88. The predicted octanol–water partition coefficient (Wildman–Crippen LogP) is 0.661. The fourth-order valence-corrected chi connectivity index (χ4v) is 1.02. The van der Waals surface area contributed by atoms with E-state index < -0.39 is 12.1 Å². The van der Waals surface area contributed by atoms with Crippen molar-refractivity contribution in [1.82, 2.24) is 4.98 Å². The van der Waals surface area contributed by atoms with Gasteiger partial charge in [0, 0.05) is 18.4 Å². The molecule has 82 valence electrons. The summed E-state index contributed by atoms with van der Waals surface area (Å²) in [6.45, 7) is 2.10. The van der Waals surface area contributed by atoms with Crippen molar-refractivity contribution in [3.8, 4) is 0 Å². The standard InChI is InChI=1S/C10H14N2O3/c1-7(13)6-12-8-3-4-11-9(5-8)10(14)15-2/h3-5,7,13H,6H2,1-2H3,(H,11,12).